The Labute approximate surface area is 110 Å². The molecule has 0 radical (unpaired) electrons. The Hall–Kier alpha value is -1.59. The third-order valence-electron chi connectivity index (χ3n) is 2.50. The number of thiazole rings is 1. The number of rotatable bonds is 6. The van der Waals surface area contributed by atoms with E-state index in [-0.39, 0.29) is 0 Å². The van der Waals surface area contributed by atoms with E-state index in [9.17, 15) is 0 Å². The van der Waals surface area contributed by atoms with Gasteiger partial charge in [-0.1, -0.05) is 6.07 Å². The van der Waals surface area contributed by atoms with Crippen molar-refractivity contribution in [1.29, 1.82) is 0 Å². The number of nitrogens with zero attached hydrogens (tertiary/aromatic N) is 1. The lowest BCUT2D eigenvalue weighted by Gasteiger charge is -2.11. The number of ether oxygens (including phenoxy) is 2. The van der Waals surface area contributed by atoms with Crippen LogP contribution in [0.4, 0.5) is 0 Å². The van der Waals surface area contributed by atoms with Crippen molar-refractivity contribution in [3.8, 4) is 11.5 Å². The van der Waals surface area contributed by atoms with E-state index in [2.05, 4.69) is 4.98 Å². The number of methoxy groups -OCH3 is 1. The second kappa shape index (κ2) is 6.37. The smallest absolute Gasteiger partial charge is 0.161 e. The zero-order valence-corrected chi connectivity index (χ0v) is 11.1. The van der Waals surface area contributed by atoms with Crippen molar-refractivity contribution >= 4 is 11.3 Å². The van der Waals surface area contributed by atoms with Crippen LogP contribution in [0, 0.1) is 0 Å². The number of hydrogen-bond acceptors (Lipinski definition) is 5. The number of hydrogen-bond donors (Lipinski definition) is 1. The molecule has 0 spiro atoms. The minimum atomic E-state index is 0.463. The molecule has 0 aliphatic heterocycles. The van der Waals surface area contributed by atoms with E-state index in [4.69, 9.17) is 15.2 Å². The SMILES string of the molecule is COc1cc(CCN)ccc1OCc1nccs1. The van der Waals surface area contributed by atoms with E-state index in [1.807, 2.05) is 23.6 Å². The van der Waals surface area contributed by atoms with Gasteiger partial charge in [-0.2, -0.15) is 0 Å². The van der Waals surface area contributed by atoms with Gasteiger partial charge in [-0.3, -0.25) is 0 Å². The summed E-state index contributed by atoms with van der Waals surface area (Å²) < 4.78 is 11.0. The van der Waals surface area contributed by atoms with E-state index in [1.54, 1.807) is 24.6 Å². The molecule has 96 valence electrons. The second-order valence-corrected chi connectivity index (χ2v) is 4.72. The van der Waals surface area contributed by atoms with Crippen LogP contribution in [0.5, 0.6) is 11.5 Å². The summed E-state index contributed by atoms with van der Waals surface area (Å²) in [5, 5.41) is 2.88. The van der Waals surface area contributed by atoms with Gasteiger partial charge in [0, 0.05) is 11.6 Å². The average molecular weight is 264 g/mol. The largest absolute Gasteiger partial charge is 0.493 e. The lowest BCUT2D eigenvalue weighted by atomic mass is 10.1. The van der Waals surface area contributed by atoms with Gasteiger partial charge in [-0.15, -0.1) is 11.3 Å². The zero-order chi connectivity index (χ0) is 12.8. The highest BCUT2D eigenvalue weighted by Crippen LogP contribution is 2.29. The van der Waals surface area contributed by atoms with Crippen LogP contribution < -0.4 is 15.2 Å². The Morgan fingerprint density at radius 1 is 1.33 bits per heavy atom. The number of benzene rings is 1. The van der Waals surface area contributed by atoms with Gasteiger partial charge < -0.3 is 15.2 Å². The van der Waals surface area contributed by atoms with Gasteiger partial charge >= 0.3 is 0 Å². The van der Waals surface area contributed by atoms with E-state index < -0.39 is 0 Å². The normalized spacial score (nSPS) is 10.3. The maximum Gasteiger partial charge on any atom is 0.161 e. The van der Waals surface area contributed by atoms with Gasteiger partial charge in [0.05, 0.1) is 7.11 Å². The Bertz CT molecular complexity index is 486. The Kier molecular flexibility index (Phi) is 4.55. The summed E-state index contributed by atoms with van der Waals surface area (Å²) in [7, 11) is 1.64. The van der Waals surface area contributed by atoms with Crippen LogP contribution in [0.2, 0.25) is 0 Å². The molecule has 2 aromatic rings. The molecule has 0 saturated heterocycles. The van der Waals surface area contributed by atoms with Crippen LogP contribution in [-0.4, -0.2) is 18.6 Å². The third kappa shape index (κ3) is 3.21. The van der Waals surface area contributed by atoms with Crippen LogP contribution in [0.3, 0.4) is 0 Å². The molecule has 0 aliphatic rings. The molecule has 0 bridgehead atoms. The van der Waals surface area contributed by atoms with Crippen LogP contribution >= 0.6 is 11.3 Å². The van der Waals surface area contributed by atoms with Crippen LogP contribution in [0.25, 0.3) is 0 Å². The molecule has 0 unspecified atom stereocenters. The minimum Gasteiger partial charge on any atom is -0.493 e. The summed E-state index contributed by atoms with van der Waals surface area (Å²) in [6.07, 6.45) is 2.61. The lowest BCUT2D eigenvalue weighted by molar-refractivity contribution is 0.284. The summed E-state index contributed by atoms with van der Waals surface area (Å²) in [6.45, 7) is 1.09. The maximum absolute atomic E-state index is 5.70. The average Bonchev–Trinajstić information content (AvgIpc) is 2.90. The van der Waals surface area contributed by atoms with Gasteiger partial charge in [0.25, 0.3) is 0 Å². The minimum absolute atomic E-state index is 0.463. The predicted molar refractivity (Wildman–Crippen MR) is 72.2 cm³/mol. The van der Waals surface area contributed by atoms with Crippen LogP contribution in [0.15, 0.2) is 29.8 Å². The number of aromatic nitrogens is 1. The Morgan fingerprint density at radius 3 is 2.89 bits per heavy atom. The molecular formula is C13H16N2O2S. The fraction of sp³-hybridized carbons (Fsp3) is 0.308. The van der Waals surface area contributed by atoms with Crippen molar-refractivity contribution < 1.29 is 9.47 Å². The first-order chi connectivity index (χ1) is 8.83. The molecule has 2 N–H and O–H groups in total. The van der Waals surface area contributed by atoms with Crippen LogP contribution in [0.1, 0.15) is 10.6 Å². The summed E-state index contributed by atoms with van der Waals surface area (Å²) in [5.41, 5.74) is 6.68. The molecule has 2 rings (SSSR count). The number of nitrogens with two attached hydrogens (primary N) is 1. The molecule has 0 aliphatic carbocycles. The lowest BCUT2D eigenvalue weighted by Crippen LogP contribution is -2.03. The van der Waals surface area contributed by atoms with Crippen LogP contribution in [-0.2, 0) is 13.0 Å². The van der Waals surface area contributed by atoms with Crippen molar-refractivity contribution in [3.05, 3.63) is 40.3 Å². The van der Waals surface area contributed by atoms with Gasteiger partial charge in [0.15, 0.2) is 11.5 Å². The van der Waals surface area contributed by atoms with Crippen molar-refractivity contribution in [2.24, 2.45) is 5.73 Å². The van der Waals surface area contributed by atoms with Crippen molar-refractivity contribution in [3.63, 3.8) is 0 Å². The highest BCUT2D eigenvalue weighted by Gasteiger charge is 2.06. The molecule has 1 aromatic heterocycles. The molecule has 18 heavy (non-hydrogen) atoms. The van der Waals surface area contributed by atoms with Crippen molar-refractivity contribution in [1.82, 2.24) is 4.98 Å². The van der Waals surface area contributed by atoms with Gasteiger partial charge in [0.1, 0.15) is 11.6 Å². The summed E-state index contributed by atoms with van der Waals surface area (Å²) >= 11 is 1.57. The van der Waals surface area contributed by atoms with E-state index in [0.717, 1.165) is 28.5 Å². The maximum atomic E-state index is 5.70. The molecule has 1 aromatic carbocycles. The first-order valence-corrected chi connectivity index (χ1v) is 6.59. The molecule has 0 atom stereocenters. The second-order valence-electron chi connectivity index (χ2n) is 3.74. The first kappa shape index (κ1) is 12.9. The Morgan fingerprint density at radius 2 is 2.22 bits per heavy atom. The summed E-state index contributed by atoms with van der Waals surface area (Å²) in [5.74, 6) is 1.46. The first-order valence-electron chi connectivity index (χ1n) is 5.71. The van der Waals surface area contributed by atoms with Gasteiger partial charge in [0.2, 0.25) is 0 Å². The zero-order valence-electron chi connectivity index (χ0n) is 10.3. The monoisotopic (exact) mass is 264 g/mol. The highest BCUT2D eigenvalue weighted by atomic mass is 32.1. The van der Waals surface area contributed by atoms with E-state index >= 15 is 0 Å². The fourth-order valence-corrected chi connectivity index (χ4v) is 2.14. The summed E-state index contributed by atoms with van der Waals surface area (Å²) in [6, 6.07) is 5.88. The molecular weight excluding hydrogens is 248 g/mol. The van der Waals surface area contributed by atoms with Gasteiger partial charge in [-0.25, -0.2) is 4.98 Å². The third-order valence-corrected chi connectivity index (χ3v) is 3.25. The summed E-state index contributed by atoms with van der Waals surface area (Å²) in [4.78, 5) is 4.17. The molecule has 4 nitrogen and oxygen atoms in total. The van der Waals surface area contributed by atoms with E-state index in [1.165, 1.54) is 0 Å². The van der Waals surface area contributed by atoms with Crippen molar-refractivity contribution in [2.75, 3.05) is 13.7 Å². The standard InChI is InChI=1S/C13H16N2O2S/c1-16-12-8-10(4-5-14)2-3-11(12)17-9-13-15-6-7-18-13/h2-3,6-8H,4-5,9,14H2,1H3. The predicted octanol–water partition coefficient (Wildman–Crippen LogP) is 2.23. The molecule has 5 heteroatoms. The van der Waals surface area contributed by atoms with Crippen molar-refractivity contribution in [2.45, 2.75) is 13.0 Å². The van der Waals surface area contributed by atoms with Gasteiger partial charge in [-0.05, 0) is 30.7 Å². The Balaban J connectivity index is 2.07. The highest BCUT2D eigenvalue weighted by molar-refractivity contribution is 7.09. The molecule has 0 saturated carbocycles. The van der Waals surface area contributed by atoms with E-state index in [0.29, 0.717) is 13.2 Å². The molecule has 0 amide bonds. The molecule has 0 fully saturated rings. The molecule has 1 heterocycles. The topological polar surface area (TPSA) is 57.4 Å². The fourth-order valence-electron chi connectivity index (χ4n) is 1.62. The quantitative estimate of drug-likeness (QED) is 0.869.